The van der Waals surface area contributed by atoms with E-state index in [0.29, 0.717) is 6.10 Å². The first-order valence-corrected chi connectivity index (χ1v) is 11.1. The van der Waals surface area contributed by atoms with E-state index >= 15 is 0 Å². The zero-order chi connectivity index (χ0) is 20.4. The Hall–Kier alpha value is -1.63. The van der Waals surface area contributed by atoms with Crippen LogP contribution in [-0.4, -0.2) is 69.5 Å². The molecule has 3 rings (SSSR count). The minimum Gasteiger partial charge on any atom is -0.380 e. The Labute approximate surface area is 176 Å². The van der Waals surface area contributed by atoms with Gasteiger partial charge in [-0.2, -0.15) is 0 Å². The molecule has 0 aromatic heterocycles. The maximum Gasteiger partial charge on any atom is 0.191 e. The minimum absolute atomic E-state index is 0.209. The molecule has 0 amide bonds. The van der Waals surface area contributed by atoms with Crippen molar-refractivity contribution in [2.45, 2.75) is 45.8 Å². The third-order valence-corrected chi connectivity index (χ3v) is 5.61. The van der Waals surface area contributed by atoms with Crippen molar-refractivity contribution in [2.75, 3.05) is 52.5 Å². The number of nitrogens with zero attached hydrogens (tertiary/aromatic N) is 2. The van der Waals surface area contributed by atoms with Crippen molar-refractivity contribution >= 4 is 5.96 Å². The molecule has 0 radical (unpaired) electrons. The van der Waals surface area contributed by atoms with Crippen LogP contribution >= 0.6 is 0 Å². The zero-order valence-corrected chi connectivity index (χ0v) is 18.2. The molecule has 2 saturated heterocycles. The van der Waals surface area contributed by atoms with E-state index in [4.69, 9.17) is 14.5 Å². The van der Waals surface area contributed by atoms with Gasteiger partial charge >= 0.3 is 0 Å². The van der Waals surface area contributed by atoms with Crippen LogP contribution in [0.15, 0.2) is 35.3 Å². The molecule has 6 heteroatoms. The Kier molecular flexibility index (Phi) is 8.77. The van der Waals surface area contributed by atoms with Crippen LogP contribution in [0.4, 0.5) is 0 Å². The van der Waals surface area contributed by atoms with Crippen molar-refractivity contribution in [3.63, 3.8) is 0 Å². The molecule has 0 atom stereocenters. The maximum atomic E-state index is 6.12. The summed E-state index contributed by atoms with van der Waals surface area (Å²) in [5.74, 6) is 0.898. The van der Waals surface area contributed by atoms with Crippen molar-refractivity contribution in [3.05, 3.63) is 35.9 Å². The van der Waals surface area contributed by atoms with Crippen LogP contribution < -0.4 is 10.6 Å². The van der Waals surface area contributed by atoms with Crippen LogP contribution in [0.3, 0.4) is 0 Å². The largest absolute Gasteiger partial charge is 0.380 e. The predicted molar refractivity (Wildman–Crippen MR) is 118 cm³/mol. The highest BCUT2D eigenvalue weighted by Crippen LogP contribution is 2.26. The van der Waals surface area contributed by atoms with Gasteiger partial charge in [0.05, 0.1) is 25.9 Å². The summed E-state index contributed by atoms with van der Waals surface area (Å²) in [5, 5.41) is 6.74. The van der Waals surface area contributed by atoms with Crippen LogP contribution in [0.25, 0.3) is 0 Å². The lowest BCUT2D eigenvalue weighted by atomic mass is 9.89. The molecule has 2 aliphatic heterocycles. The smallest absolute Gasteiger partial charge is 0.191 e. The zero-order valence-electron chi connectivity index (χ0n) is 18.2. The number of hydrogen-bond acceptors (Lipinski definition) is 4. The van der Waals surface area contributed by atoms with Crippen molar-refractivity contribution in [1.29, 1.82) is 0 Å². The van der Waals surface area contributed by atoms with E-state index in [0.717, 1.165) is 84.3 Å². The number of aliphatic imine (C=N–C) groups is 1. The standard InChI is InChI=1S/C23H38N4O2/c1-3-24-22(26-17-23(2)18-28-19-23)25-12-7-15-29-21-10-13-27(14-11-21)16-20-8-5-4-6-9-20/h4-6,8-9,21H,3,7,10-19H2,1-2H3,(H2,24,25,26). The molecule has 0 spiro atoms. The molecule has 0 bridgehead atoms. The van der Waals surface area contributed by atoms with E-state index < -0.39 is 0 Å². The van der Waals surface area contributed by atoms with Gasteiger partial charge in [0.2, 0.25) is 0 Å². The van der Waals surface area contributed by atoms with Gasteiger partial charge in [-0.15, -0.1) is 0 Å². The van der Waals surface area contributed by atoms with Crippen LogP contribution in [0.1, 0.15) is 38.7 Å². The summed E-state index contributed by atoms with van der Waals surface area (Å²) in [5.41, 5.74) is 1.61. The molecule has 0 unspecified atom stereocenters. The molecule has 6 nitrogen and oxygen atoms in total. The minimum atomic E-state index is 0.209. The van der Waals surface area contributed by atoms with Gasteiger partial charge in [-0.25, -0.2) is 0 Å². The van der Waals surface area contributed by atoms with Crippen molar-refractivity contribution in [2.24, 2.45) is 10.4 Å². The Bertz CT molecular complexity index is 611. The fourth-order valence-corrected chi connectivity index (χ4v) is 3.76. The van der Waals surface area contributed by atoms with Crippen molar-refractivity contribution < 1.29 is 9.47 Å². The van der Waals surface area contributed by atoms with E-state index in [2.05, 4.69) is 59.7 Å². The second-order valence-electron chi connectivity index (χ2n) is 8.61. The molecule has 1 aromatic rings. The average Bonchev–Trinajstić information content (AvgIpc) is 2.72. The number of ether oxygens (including phenoxy) is 2. The summed E-state index contributed by atoms with van der Waals surface area (Å²) in [6.07, 6.45) is 3.66. The number of benzene rings is 1. The second kappa shape index (κ2) is 11.5. The van der Waals surface area contributed by atoms with Gasteiger partial charge in [-0.05, 0) is 31.7 Å². The number of likely N-dealkylation sites (tertiary alicyclic amines) is 1. The maximum absolute atomic E-state index is 6.12. The number of rotatable bonds is 10. The quantitative estimate of drug-likeness (QED) is 0.358. The SMILES string of the molecule is CCNC(=NCC1(C)COC1)NCCCOC1CCN(Cc2ccccc2)CC1. The van der Waals surface area contributed by atoms with Gasteiger partial charge in [-0.3, -0.25) is 9.89 Å². The second-order valence-corrected chi connectivity index (χ2v) is 8.61. The normalized spacial score (nSPS) is 20.3. The van der Waals surface area contributed by atoms with Crippen molar-refractivity contribution in [3.8, 4) is 0 Å². The van der Waals surface area contributed by atoms with E-state index in [1.54, 1.807) is 0 Å². The topological polar surface area (TPSA) is 58.1 Å². The Balaban J connectivity index is 1.26. The fourth-order valence-electron chi connectivity index (χ4n) is 3.76. The Morgan fingerprint density at radius 2 is 1.97 bits per heavy atom. The highest BCUT2D eigenvalue weighted by atomic mass is 16.5. The molecule has 1 aromatic carbocycles. The summed E-state index contributed by atoms with van der Waals surface area (Å²) >= 11 is 0. The summed E-state index contributed by atoms with van der Waals surface area (Å²) in [6, 6.07) is 10.7. The molecule has 0 aliphatic carbocycles. The molecule has 2 heterocycles. The van der Waals surface area contributed by atoms with E-state index in [1.807, 2.05) is 0 Å². The molecular formula is C23H38N4O2. The van der Waals surface area contributed by atoms with Gasteiger partial charge in [0.25, 0.3) is 0 Å². The first-order valence-electron chi connectivity index (χ1n) is 11.1. The lowest BCUT2D eigenvalue weighted by molar-refractivity contribution is -0.0945. The fraction of sp³-hybridized carbons (Fsp3) is 0.696. The Morgan fingerprint density at radius 3 is 2.62 bits per heavy atom. The molecular weight excluding hydrogens is 364 g/mol. The van der Waals surface area contributed by atoms with Gasteiger partial charge < -0.3 is 20.1 Å². The number of piperidine rings is 1. The van der Waals surface area contributed by atoms with Gasteiger partial charge in [0.1, 0.15) is 0 Å². The lowest BCUT2D eigenvalue weighted by Crippen LogP contribution is -2.44. The number of nitrogens with one attached hydrogen (secondary N) is 2. The predicted octanol–water partition coefficient (Wildman–Crippen LogP) is 2.65. The first kappa shape index (κ1) is 22.1. The van der Waals surface area contributed by atoms with E-state index in [9.17, 15) is 0 Å². The molecule has 2 aliphatic rings. The van der Waals surface area contributed by atoms with Crippen LogP contribution in [-0.2, 0) is 16.0 Å². The van der Waals surface area contributed by atoms with Gasteiger partial charge in [-0.1, -0.05) is 37.3 Å². The molecule has 2 N–H and O–H groups in total. The lowest BCUT2D eigenvalue weighted by Gasteiger charge is -2.36. The molecule has 162 valence electrons. The highest BCUT2D eigenvalue weighted by molar-refractivity contribution is 5.79. The van der Waals surface area contributed by atoms with Gasteiger partial charge in [0.15, 0.2) is 5.96 Å². The monoisotopic (exact) mass is 402 g/mol. The Morgan fingerprint density at radius 1 is 1.21 bits per heavy atom. The average molecular weight is 403 g/mol. The molecule has 0 saturated carbocycles. The summed E-state index contributed by atoms with van der Waals surface area (Å²) in [6.45, 7) is 12.6. The highest BCUT2D eigenvalue weighted by Gasteiger charge is 2.33. The third-order valence-electron chi connectivity index (χ3n) is 5.61. The first-order chi connectivity index (χ1) is 14.2. The van der Waals surface area contributed by atoms with Crippen LogP contribution in [0.5, 0.6) is 0 Å². The molecule has 2 fully saturated rings. The number of hydrogen-bond donors (Lipinski definition) is 2. The van der Waals surface area contributed by atoms with Gasteiger partial charge in [0, 0.05) is 44.7 Å². The molecule has 29 heavy (non-hydrogen) atoms. The van der Waals surface area contributed by atoms with E-state index in [1.165, 1.54) is 5.56 Å². The number of guanidine groups is 1. The summed E-state index contributed by atoms with van der Waals surface area (Å²) in [4.78, 5) is 7.24. The van der Waals surface area contributed by atoms with Crippen molar-refractivity contribution in [1.82, 2.24) is 15.5 Å². The van der Waals surface area contributed by atoms with E-state index in [-0.39, 0.29) is 5.41 Å². The van der Waals surface area contributed by atoms with Crippen LogP contribution in [0, 0.1) is 5.41 Å². The van der Waals surface area contributed by atoms with Crippen LogP contribution in [0.2, 0.25) is 0 Å². The third kappa shape index (κ3) is 7.61. The summed E-state index contributed by atoms with van der Waals surface area (Å²) in [7, 11) is 0. The summed E-state index contributed by atoms with van der Waals surface area (Å²) < 4.78 is 11.4.